The second-order valence-corrected chi connectivity index (χ2v) is 9.91. The van der Waals surface area contributed by atoms with Crippen LogP contribution in [0.1, 0.15) is 36.8 Å². The van der Waals surface area contributed by atoms with E-state index in [1.165, 1.54) is 42.7 Å². The number of carbonyl (C=O) groups is 2. The lowest BCUT2D eigenvalue weighted by Crippen LogP contribution is -2.47. The molecule has 3 heterocycles. The molecule has 1 atom stereocenters. The summed E-state index contributed by atoms with van der Waals surface area (Å²) in [6, 6.07) is 10.4. The number of hydrogen-bond acceptors (Lipinski definition) is 3. The highest BCUT2D eigenvalue weighted by Crippen LogP contribution is 2.40. The van der Waals surface area contributed by atoms with Crippen molar-refractivity contribution in [3.63, 3.8) is 0 Å². The van der Waals surface area contributed by atoms with E-state index >= 15 is 0 Å². The molecule has 2 saturated heterocycles. The molecule has 2 N–H and O–H groups in total. The lowest BCUT2D eigenvalue weighted by molar-refractivity contribution is -0.137. The zero-order valence-corrected chi connectivity index (χ0v) is 21.2. The summed E-state index contributed by atoms with van der Waals surface area (Å²) in [5.41, 5.74) is 1.73. The summed E-state index contributed by atoms with van der Waals surface area (Å²) in [7, 11) is 1.67. The highest BCUT2D eigenvalue weighted by molar-refractivity contribution is 6.05. The molecule has 1 saturated carbocycles. The van der Waals surface area contributed by atoms with E-state index < -0.39 is 23.8 Å². The number of nitrogens with one attached hydrogen (secondary N) is 2. The third kappa shape index (κ3) is 5.71. The second-order valence-electron chi connectivity index (χ2n) is 9.91. The molecule has 0 aromatic heterocycles. The van der Waals surface area contributed by atoms with E-state index in [-0.39, 0.29) is 24.0 Å². The molecule has 6 nitrogen and oxygen atoms in total. The number of rotatable bonds is 3. The van der Waals surface area contributed by atoms with Gasteiger partial charge in [0.05, 0.1) is 11.3 Å². The van der Waals surface area contributed by atoms with E-state index in [4.69, 9.17) is 0 Å². The van der Waals surface area contributed by atoms with Gasteiger partial charge in [-0.15, -0.1) is 12.4 Å². The van der Waals surface area contributed by atoms with Crippen LogP contribution in [0.15, 0.2) is 54.6 Å². The van der Waals surface area contributed by atoms with E-state index in [1.807, 2.05) is 24.3 Å². The minimum absolute atomic E-state index is 0. The molecule has 6 rings (SSSR count). The summed E-state index contributed by atoms with van der Waals surface area (Å²) in [6.45, 7) is 1.80. The zero-order chi connectivity index (χ0) is 25.4. The topological polar surface area (TPSA) is 64.7 Å². The SMILES string of the molecule is CN1C(=O)C(NC(=O)Nc2cccc(C(F)(F)F)c2)C=C(N2CC3CCC(CC3)C2)c2ccccc21.Cl. The van der Waals surface area contributed by atoms with Crippen LogP contribution in [-0.4, -0.2) is 43.0 Å². The number of fused-ring (bicyclic) bond motifs is 5. The van der Waals surface area contributed by atoms with Crippen LogP contribution in [0.4, 0.5) is 29.3 Å². The van der Waals surface area contributed by atoms with Crippen molar-refractivity contribution < 1.29 is 22.8 Å². The van der Waals surface area contributed by atoms with Gasteiger partial charge in [-0.3, -0.25) is 4.79 Å². The van der Waals surface area contributed by atoms with Crippen LogP contribution >= 0.6 is 12.4 Å². The molecule has 3 fully saturated rings. The molecule has 10 heteroatoms. The average molecular weight is 535 g/mol. The predicted octanol–water partition coefficient (Wildman–Crippen LogP) is 5.76. The Bertz CT molecular complexity index is 1180. The van der Waals surface area contributed by atoms with Gasteiger partial charge < -0.3 is 20.4 Å². The molecular weight excluding hydrogens is 505 g/mol. The summed E-state index contributed by atoms with van der Waals surface area (Å²) in [4.78, 5) is 30.1. The first-order valence-electron chi connectivity index (χ1n) is 12.3. The highest BCUT2D eigenvalue weighted by Gasteiger charge is 2.35. The largest absolute Gasteiger partial charge is 0.416 e. The molecule has 3 amide bonds. The fourth-order valence-electron chi connectivity index (χ4n) is 5.58. The number of hydrogen-bond donors (Lipinski definition) is 2. The number of carbonyl (C=O) groups excluding carboxylic acids is 2. The lowest BCUT2D eigenvalue weighted by atomic mass is 9.84. The van der Waals surface area contributed by atoms with Gasteiger partial charge in [0.25, 0.3) is 5.91 Å². The summed E-state index contributed by atoms with van der Waals surface area (Å²) < 4.78 is 39.2. The molecule has 0 spiro atoms. The number of nitrogens with zero attached hydrogens (tertiary/aromatic N) is 2. The monoisotopic (exact) mass is 534 g/mol. The summed E-state index contributed by atoms with van der Waals surface area (Å²) >= 11 is 0. The Morgan fingerprint density at radius 3 is 2.27 bits per heavy atom. The molecule has 2 aromatic rings. The van der Waals surface area contributed by atoms with Crippen molar-refractivity contribution in [2.45, 2.75) is 37.9 Å². The number of alkyl halides is 3. The Hall–Kier alpha value is -3.20. The molecular formula is C27H30ClF3N4O2. The Labute approximate surface area is 220 Å². The minimum Gasteiger partial charge on any atom is -0.371 e. The van der Waals surface area contributed by atoms with Crippen molar-refractivity contribution in [2.24, 2.45) is 11.8 Å². The number of likely N-dealkylation sites (N-methyl/N-ethyl adjacent to an activating group) is 1. The molecule has 0 radical (unpaired) electrons. The number of amides is 3. The van der Waals surface area contributed by atoms with Gasteiger partial charge in [-0.1, -0.05) is 24.3 Å². The number of benzene rings is 2. The van der Waals surface area contributed by atoms with E-state index in [9.17, 15) is 22.8 Å². The summed E-state index contributed by atoms with van der Waals surface area (Å²) in [6.07, 6.45) is 2.09. The van der Waals surface area contributed by atoms with Gasteiger partial charge in [0.2, 0.25) is 0 Å². The lowest BCUT2D eigenvalue weighted by Gasteiger charge is -2.29. The Morgan fingerprint density at radius 2 is 1.62 bits per heavy atom. The molecule has 4 aliphatic rings. The Kier molecular flexibility index (Phi) is 7.73. The number of halogens is 4. The van der Waals surface area contributed by atoms with Crippen LogP contribution in [0.3, 0.4) is 0 Å². The maximum Gasteiger partial charge on any atom is 0.416 e. The van der Waals surface area contributed by atoms with E-state index in [1.54, 1.807) is 13.1 Å². The molecule has 198 valence electrons. The second kappa shape index (κ2) is 10.7. The first-order chi connectivity index (χ1) is 17.2. The van der Waals surface area contributed by atoms with Gasteiger partial charge in [0.15, 0.2) is 0 Å². The minimum atomic E-state index is -4.52. The molecule has 1 unspecified atom stereocenters. The van der Waals surface area contributed by atoms with Crippen molar-refractivity contribution in [3.8, 4) is 0 Å². The normalized spacial score (nSPS) is 23.3. The first-order valence-corrected chi connectivity index (χ1v) is 12.3. The molecule has 37 heavy (non-hydrogen) atoms. The van der Waals surface area contributed by atoms with Crippen LogP contribution in [0.5, 0.6) is 0 Å². The van der Waals surface area contributed by atoms with Crippen molar-refractivity contribution >= 4 is 41.4 Å². The third-order valence-electron chi connectivity index (χ3n) is 7.46. The Morgan fingerprint density at radius 1 is 0.973 bits per heavy atom. The summed E-state index contributed by atoms with van der Waals surface area (Å²) in [5, 5.41) is 5.12. The van der Waals surface area contributed by atoms with Gasteiger partial charge in [-0.25, -0.2) is 4.79 Å². The molecule has 3 aliphatic heterocycles. The van der Waals surface area contributed by atoms with Crippen LogP contribution in [-0.2, 0) is 11.0 Å². The zero-order valence-electron chi connectivity index (χ0n) is 20.4. The smallest absolute Gasteiger partial charge is 0.371 e. The van der Waals surface area contributed by atoms with Crippen LogP contribution in [0.25, 0.3) is 5.70 Å². The molecule has 2 aromatic carbocycles. The van der Waals surface area contributed by atoms with E-state index in [0.717, 1.165) is 42.2 Å². The van der Waals surface area contributed by atoms with Gasteiger partial charge in [0.1, 0.15) is 6.04 Å². The fraction of sp³-hybridized carbons (Fsp3) is 0.407. The third-order valence-corrected chi connectivity index (χ3v) is 7.46. The van der Waals surface area contributed by atoms with Gasteiger partial charge >= 0.3 is 12.2 Å². The molecule has 2 bridgehead atoms. The average Bonchev–Trinajstić information content (AvgIpc) is 3.22. The fourth-order valence-corrected chi connectivity index (χ4v) is 5.58. The standard InChI is InChI=1S/C27H29F3N4O2.ClH/c1-33-23-8-3-2-7-21(23)24(34-15-17-9-10-18(16-34)12-11-17)14-22(25(33)35)32-26(36)31-20-6-4-5-19(13-20)27(28,29)30;/h2-8,13-14,17-18,22H,9-12,15-16H2,1H3,(H2,31,32,36);1H. The Balaban J connectivity index is 0.00000320. The van der Waals surface area contributed by atoms with Crippen molar-refractivity contribution in [1.82, 2.24) is 10.2 Å². The predicted molar refractivity (Wildman–Crippen MR) is 139 cm³/mol. The quantitative estimate of drug-likeness (QED) is 0.526. The highest BCUT2D eigenvalue weighted by atomic mass is 35.5. The molecule has 1 aliphatic carbocycles. The van der Waals surface area contributed by atoms with E-state index in [2.05, 4.69) is 15.5 Å². The van der Waals surface area contributed by atoms with Crippen molar-refractivity contribution in [3.05, 3.63) is 65.7 Å². The maximum atomic E-state index is 13.4. The number of urea groups is 1. The van der Waals surface area contributed by atoms with E-state index in [0.29, 0.717) is 11.8 Å². The van der Waals surface area contributed by atoms with Gasteiger partial charge in [0, 0.05) is 37.1 Å². The van der Waals surface area contributed by atoms with Gasteiger partial charge in [-0.05, 0) is 67.9 Å². The van der Waals surface area contributed by atoms with Crippen LogP contribution < -0.4 is 15.5 Å². The first kappa shape index (κ1) is 26.9. The number of anilines is 2. The van der Waals surface area contributed by atoms with Gasteiger partial charge in [-0.2, -0.15) is 13.2 Å². The van der Waals surface area contributed by atoms with Crippen molar-refractivity contribution in [2.75, 3.05) is 30.4 Å². The maximum absolute atomic E-state index is 13.4. The van der Waals surface area contributed by atoms with Crippen LogP contribution in [0.2, 0.25) is 0 Å². The van der Waals surface area contributed by atoms with Crippen molar-refractivity contribution in [1.29, 1.82) is 0 Å². The number of para-hydroxylation sites is 1. The van der Waals surface area contributed by atoms with Crippen LogP contribution in [0, 0.1) is 11.8 Å². The summed E-state index contributed by atoms with van der Waals surface area (Å²) in [5.74, 6) is 0.877.